The van der Waals surface area contributed by atoms with Gasteiger partial charge in [0, 0.05) is 6.54 Å². The Morgan fingerprint density at radius 2 is 1.46 bits per heavy atom. The van der Waals surface area contributed by atoms with Gasteiger partial charge in [0.15, 0.2) is 0 Å². The van der Waals surface area contributed by atoms with Gasteiger partial charge in [-0.05, 0) is 86.7 Å². The summed E-state index contributed by atoms with van der Waals surface area (Å²) < 4.78 is 35.1. The molecule has 1 unspecified atom stereocenters. The van der Waals surface area contributed by atoms with Crippen LogP contribution in [0.2, 0.25) is 0 Å². The summed E-state index contributed by atoms with van der Waals surface area (Å²) in [6.45, 7) is 9.23. The van der Waals surface area contributed by atoms with Crippen LogP contribution in [0.4, 0.5) is 5.69 Å². The number of benzene rings is 3. The van der Waals surface area contributed by atoms with Crippen molar-refractivity contribution in [2.45, 2.75) is 58.5 Å². The highest BCUT2D eigenvalue weighted by molar-refractivity contribution is 7.89. The molecular formula is C29H32N2O5S. The molecule has 0 aliphatic carbocycles. The number of amides is 2. The van der Waals surface area contributed by atoms with Gasteiger partial charge in [0.2, 0.25) is 15.9 Å². The summed E-state index contributed by atoms with van der Waals surface area (Å²) in [5, 5.41) is 0. The van der Waals surface area contributed by atoms with Gasteiger partial charge in [-0.25, -0.2) is 13.3 Å². The van der Waals surface area contributed by atoms with Crippen LogP contribution in [0.3, 0.4) is 0 Å². The maximum absolute atomic E-state index is 14.3. The first-order valence-electron chi connectivity index (χ1n) is 12.1. The van der Waals surface area contributed by atoms with Crippen LogP contribution in [0.15, 0.2) is 59.5 Å². The molecule has 4 rings (SSSR count). The van der Waals surface area contributed by atoms with E-state index >= 15 is 0 Å². The van der Waals surface area contributed by atoms with Gasteiger partial charge in [0.1, 0.15) is 11.8 Å². The van der Waals surface area contributed by atoms with E-state index < -0.39 is 27.9 Å². The number of carbonyl (C=O) groups is 2. The minimum Gasteiger partial charge on any atom is -0.497 e. The quantitative estimate of drug-likeness (QED) is 0.420. The number of methoxy groups -OCH3 is 1. The minimum atomic E-state index is -4.16. The number of rotatable bonds is 7. The Morgan fingerprint density at radius 3 is 2.00 bits per heavy atom. The van der Waals surface area contributed by atoms with Gasteiger partial charge in [0.25, 0.3) is 5.91 Å². The summed E-state index contributed by atoms with van der Waals surface area (Å²) in [6.07, 6.45) is -0.237. The second-order valence-electron chi connectivity index (χ2n) is 9.61. The second-order valence-corrected chi connectivity index (χ2v) is 11.4. The smallest absolute Gasteiger partial charge is 0.252 e. The first kappa shape index (κ1) is 26.6. The molecule has 1 atom stereocenters. The minimum absolute atomic E-state index is 0.0331. The van der Waals surface area contributed by atoms with Gasteiger partial charge in [-0.1, -0.05) is 35.9 Å². The van der Waals surface area contributed by atoms with E-state index in [-0.39, 0.29) is 17.9 Å². The van der Waals surface area contributed by atoms with Crippen LogP contribution in [0, 0.1) is 34.6 Å². The zero-order valence-electron chi connectivity index (χ0n) is 22.0. The van der Waals surface area contributed by atoms with E-state index in [0.29, 0.717) is 22.6 Å². The molecule has 1 heterocycles. The molecule has 0 spiro atoms. The third kappa shape index (κ3) is 4.91. The largest absolute Gasteiger partial charge is 0.497 e. The predicted molar refractivity (Wildman–Crippen MR) is 143 cm³/mol. The molecule has 0 saturated carbocycles. The van der Waals surface area contributed by atoms with Crippen molar-refractivity contribution in [1.29, 1.82) is 0 Å². The van der Waals surface area contributed by atoms with Crippen molar-refractivity contribution in [3.05, 3.63) is 88.0 Å². The van der Waals surface area contributed by atoms with Crippen molar-refractivity contribution in [1.82, 2.24) is 4.31 Å². The van der Waals surface area contributed by atoms with Crippen LogP contribution in [0.5, 0.6) is 5.75 Å². The molecule has 194 valence electrons. The first-order chi connectivity index (χ1) is 17.4. The molecule has 2 amide bonds. The van der Waals surface area contributed by atoms with Gasteiger partial charge in [0.05, 0.1) is 24.1 Å². The summed E-state index contributed by atoms with van der Waals surface area (Å²) in [7, 11) is -2.63. The monoisotopic (exact) mass is 520 g/mol. The number of anilines is 1. The van der Waals surface area contributed by atoms with Crippen molar-refractivity contribution in [2.75, 3.05) is 12.0 Å². The number of aryl methyl sites for hydroxylation is 3. The Kier molecular flexibility index (Phi) is 7.26. The average Bonchev–Trinajstić information content (AvgIpc) is 3.15. The molecule has 0 bridgehead atoms. The fourth-order valence-corrected chi connectivity index (χ4v) is 6.91. The molecule has 0 N–H and O–H groups in total. The van der Waals surface area contributed by atoms with Crippen LogP contribution in [-0.4, -0.2) is 37.7 Å². The normalized spacial score (nSPS) is 16.1. The predicted octanol–water partition coefficient (Wildman–Crippen LogP) is 4.76. The number of carbonyl (C=O) groups excluding carboxylic acids is 2. The van der Waals surface area contributed by atoms with Gasteiger partial charge in [-0.3, -0.25) is 9.59 Å². The molecule has 1 aliphatic rings. The zero-order valence-corrected chi connectivity index (χ0v) is 22.8. The van der Waals surface area contributed by atoms with Crippen molar-refractivity contribution in [2.24, 2.45) is 0 Å². The molecule has 8 heteroatoms. The molecule has 1 saturated heterocycles. The highest BCUT2D eigenvalue weighted by Gasteiger charge is 2.47. The molecule has 3 aromatic carbocycles. The van der Waals surface area contributed by atoms with E-state index in [9.17, 15) is 18.0 Å². The van der Waals surface area contributed by atoms with E-state index in [4.69, 9.17) is 4.74 Å². The average molecular weight is 521 g/mol. The third-order valence-corrected chi connectivity index (χ3v) is 9.25. The van der Waals surface area contributed by atoms with Crippen molar-refractivity contribution >= 4 is 27.5 Å². The SMILES string of the molecule is COc1ccc(N2C(=O)CC(N(Cc3ccc(C)cc3)S(=O)(=O)c3c(C)c(C)cc(C)c3C)C2=O)cc1. The number of imide groups is 1. The Morgan fingerprint density at radius 1 is 0.892 bits per heavy atom. The summed E-state index contributed by atoms with van der Waals surface area (Å²) in [6, 6.07) is 14.9. The number of sulfonamides is 1. The number of ether oxygens (including phenoxy) is 1. The van der Waals surface area contributed by atoms with Crippen LogP contribution in [0.25, 0.3) is 0 Å². The standard InChI is InChI=1S/C29H32N2O5S/c1-18-7-9-23(10-8-18)17-30(37(34,35)28-21(4)19(2)15-20(3)22(28)5)26-16-27(32)31(29(26)33)24-11-13-25(36-6)14-12-24/h7-15,26H,16-17H2,1-6H3. The Bertz CT molecular complexity index is 1440. The molecule has 0 radical (unpaired) electrons. The first-order valence-corrected chi connectivity index (χ1v) is 13.6. The number of hydrogen-bond acceptors (Lipinski definition) is 5. The van der Waals surface area contributed by atoms with Crippen molar-refractivity contribution < 1.29 is 22.7 Å². The lowest BCUT2D eigenvalue weighted by atomic mass is 10.0. The Labute approximate surface area is 218 Å². The van der Waals surface area contributed by atoms with Crippen LogP contribution >= 0.6 is 0 Å². The van der Waals surface area contributed by atoms with Gasteiger partial charge in [-0.2, -0.15) is 4.31 Å². The lowest BCUT2D eigenvalue weighted by Crippen LogP contribution is -2.45. The third-order valence-electron chi connectivity index (χ3n) is 7.12. The maximum atomic E-state index is 14.3. The molecule has 7 nitrogen and oxygen atoms in total. The summed E-state index contributed by atoms with van der Waals surface area (Å²) in [4.78, 5) is 28.1. The molecule has 0 aromatic heterocycles. The molecule has 1 aliphatic heterocycles. The van der Waals surface area contributed by atoms with Crippen LogP contribution in [0.1, 0.15) is 39.8 Å². The van der Waals surface area contributed by atoms with Crippen LogP contribution < -0.4 is 9.64 Å². The topological polar surface area (TPSA) is 84.0 Å². The summed E-state index contributed by atoms with van der Waals surface area (Å²) in [5.74, 6) is -0.424. The molecular weight excluding hydrogens is 488 g/mol. The number of nitrogens with zero attached hydrogens (tertiary/aromatic N) is 2. The lowest BCUT2D eigenvalue weighted by Gasteiger charge is -2.29. The fourth-order valence-electron chi connectivity index (χ4n) is 4.76. The van der Waals surface area contributed by atoms with E-state index in [0.717, 1.165) is 27.2 Å². The van der Waals surface area contributed by atoms with E-state index in [1.54, 1.807) is 38.1 Å². The molecule has 1 fully saturated rings. The van der Waals surface area contributed by atoms with Gasteiger partial charge >= 0.3 is 0 Å². The highest BCUT2D eigenvalue weighted by Crippen LogP contribution is 2.35. The highest BCUT2D eigenvalue weighted by atomic mass is 32.2. The molecule has 3 aromatic rings. The van der Waals surface area contributed by atoms with Crippen molar-refractivity contribution in [3.63, 3.8) is 0 Å². The van der Waals surface area contributed by atoms with E-state index in [2.05, 4.69) is 0 Å². The second kappa shape index (κ2) is 10.1. The maximum Gasteiger partial charge on any atom is 0.252 e. The van der Waals surface area contributed by atoms with Gasteiger partial charge in [-0.15, -0.1) is 0 Å². The Balaban J connectivity index is 1.82. The molecule has 37 heavy (non-hydrogen) atoms. The Hall–Kier alpha value is -3.49. The van der Waals surface area contributed by atoms with E-state index in [1.165, 1.54) is 11.4 Å². The summed E-state index contributed by atoms with van der Waals surface area (Å²) >= 11 is 0. The van der Waals surface area contributed by atoms with Crippen LogP contribution in [-0.2, 0) is 26.2 Å². The lowest BCUT2D eigenvalue weighted by molar-refractivity contribution is -0.122. The fraction of sp³-hybridized carbons (Fsp3) is 0.310. The number of hydrogen-bond donors (Lipinski definition) is 0. The van der Waals surface area contributed by atoms with E-state index in [1.807, 2.05) is 51.1 Å². The zero-order chi connectivity index (χ0) is 27.1. The summed E-state index contributed by atoms with van der Waals surface area (Å²) in [5.41, 5.74) is 5.14. The van der Waals surface area contributed by atoms with Crippen molar-refractivity contribution in [3.8, 4) is 5.75 Å². The van der Waals surface area contributed by atoms with Gasteiger partial charge < -0.3 is 4.74 Å².